The van der Waals surface area contributed by atoms with E-state index in [0.29, 0.717) is 11.6 Å². The fourth-order valence-corrected chi connectivity index (χ4v) is 3.12. The van der Waals surface area contributed by atoms with Gasteiger partial charge in [-0.3, -0.25) is 4.79 Å². The molecule has 1 unspecified atom stereocenters. The highest BCUT2D eigenvalue weighted by Crippen LogP contribution is 2.20. The molecule has 0 radical (unpaired) electrons. The van der Waals surface area contributed by atoms with Crippen LogP contribution in [0.3, 0.4) is 0 Å². The molecule has 2 heterocycles. The fourth-order valence-electron chi connectivity index (χ4n) is 3.12. The zero-order chi connectivity index (χ0) is 15.7. The van der Waals surface area contributed by atoms with Gasteiger partial charge in [0.2, 0.25) is 0 Å². The third-order valence-electron chi connectivity index (χ3n) is 4.32. The number of aromatic nitrogens is 1. The normalized spacial score (nSPS) is 18.5. The van der Waals surface area contributed by atoms with Crippen LogP contribution in [0, 0.1) is 0 Å². The Bertz CT molecular complexity index is 766. The number of ether oxygens (including phenoxy) is 1. The minimum atomic E-state index is -0.369. The van der Waals surface area contributed by atoms with Gasteiger partial charge >= 0.3 is 5.97 Å². The van der Waals surface area contributed by atoms with Crippen molar-refractivity contribution in [3.05, 3.63) is 46.2 Å². The van der Waals surface area contributed by atoms with Crippen molar-refractivity contribution in [3.8, 4) is 0 Å². The second-order valence-electron chi connectivity index (χ2n) is 5.76. The Morgan fingerprint density at radius 1 is 1.23 bits per heavy atom. The second kappa shape index (κ2) is 5.83. The van der Waals surface area contributed by atoms with Crippen LogP contribution in [-0.2, 0) is 4.74 Å². The molecule has 0 spiro atoms. The summed E-state index contributed by atoms with van der Waals surface area (Å²) < 4.78 is 6.50. The highest BCUT2D eigenvalue weighted by Gasteiger charge is 2.21. The molecule has 0 amide bonds. The molecule has 1 fully saturated rings. The topological polar surface area (TPSA) is 51.5 Å². The first-order chi connectivity index (χ1) is 10.6. The molecule has 1 aromatic carbocycles. The molecule has 0 N–H and O–H groups in total. The van der Waals surface area contributed by atoms with Gasteiger partial charge in [-0.05, 0) is 50.5 Å². The van der Waals surface area contributed by atoms with E-state index in [1.165, 1.54) is 13.5 Å². The molecule has 116 valence electrons. The van der Waals surface area contributed by atoms with E-state index in [4.69, 9.17) is 4.74 Å². The van der Waals surface area contributed by atoms with Crippen LogP contribution in [0.15, 0.2) is 35.1 Å². The number of benzene rings is 1. The van der Waals surface area contributed by atoms with E-state index in [0.717, 1.165) is 30.3 Å². The Labute approximate surface area is 129 Å². The first kappa shape index (κ1) is 14.6. The summed E-state index contributed by atoms with van der Waals surface area (Å²) in [6, 6.07) is 8.95. The molecule has 0 bridgehead atoms. The first-order valence-corrected chi connectivity index (χ1v) is 7.63. The highest BCUT2D eigenvalue weighted by atomic mass is 16.5. The number of methoxy groups -OCH3 is 1. The zero-order valence-electron chi connectivity index (χ0n) is 12.9. The van der Waals surface area contributed by atoms with E-state index in [9.17, 15) is 9.59 Å². The van der Waals surface area contributed by atoms with E-state index < -0.39 is 0 Å². The molecule has 5 heteroatoms. The number of rotatable bonds is 2. The van der Waals surface area contributed by atoms with Gasteiger partial charge in [0.15, 0.2) is 0 Å². The number of hydrogen-bond donors (Lipinski definition) is 0. The third kappa shape index (κ3) is 2.47. The van der Waals surface area contributed by atoms with Crippen LogP contribution in [0.4, 0.5) is 0 Å². The average molecular weight is 300 g/mol. The summed E-state index contributed by atoms with van der Waals surface area (Å²) in [5.41, 5.74) is 1.29. The van der Waals surface area contributed by atoms with Gasteiger partial charge in [-0.25, -0.2) is 9.47 Å². The number of hydrogen-bond acceptors (Lipinski definition) is 4. The molecule has 5 nitrogen and oxygen atoms in total. The molecule has 1 saturated heterocycles. The molecule has 1 aliphatic rings. The van der Waals surface area contributed by atoms with Gasteiger partial charge in [0.05, 0.1) is 18.2 Å². The maximum absolute atomic E-state index is 12.4. The van der Waals surface area contributed by atoms with Gasteiger partial charge in [0.25, 0.3) is 5.56 Å². The van der Waals surface area contributed by atoms with E-state index in [2.05, 4.69) is 11.9 Å². The Morgan fingerprint density at radius 2 is 2.05 bits per heavy atom. The Morgan fingerprint density at radius 3 is 2.77 bits per heavy atom. The van der Waals surface area contributed by atoms with Crippen molar-refractivity contribution < 1.29 is 9.53 Å². The summed E-state index contributed by atoms with van der Waals surface area (Å²) in [4.78, 5) is 24.0. The van der Waals surface area contributed by atoms with Gasteiger partial charge < -0.3 is 9.75 Å². The van der Waals surface area contributed by atoms with Crippen LogP contribution in [0.25, 0.3) is 10.9 Å². The molecular formula is C17H20N2O3. The predicted molar refractivity (Wildman–Crippen MR) is 85.9 cm³/mol. The Hall–Kier alpha value is -2.30. The van der Waals surface area contributed by atoms with Crippen molar-refractivity contribution in [2.24, 2.45) is 0 Å². The van der Waals surface area contributed by atoms with Gasteiger partial charge in [-0.2, -0.15) is 0 Å². The lowest BCUT2D eigenvalue weighted by atomic mass is 10.1. The average Bonchev–Trinajstić information content (AvgIpc) is 2.54. The highest BCUT2D eigenvalue weighted by molar-refractivity contribution is 5.94. The standard InChI is InChI=1S/C17H20N2O3/c1-12-5-3-4-10-18(12)19-15-8-6-14(17(21)22-2)11-13(15)7-9-16(19)20/h6-9,11-12H,3-5,10H2,1-2H3. The lowest BCUT2D eigenvalue weighted by Crippen LogP contribution is -2.50. The van der Waals surface area contributed by atoms with Crippen LogP contribution in [-0.4, -0.2) is 30.3 Å². The molecule has 2 aromatic rings. The van der Waals surface area contributed by atoms with Crippen molar-refractivity contribution in [2.45, 2.75) is 32.2 Å². The van der Waals surface area contributed by atoms with Crippen molar-refractivity contribution in [3.63, 3.8) is 0 Å². The van der Waals surface area contributed by atoms with Crippen molar-refractivity contribution in [2.75, 3.05) is 18.7 Å². The summed E-state index contributed by atoms with van der Waals surface area (Å²) in [6.45, 7) is 3.02. The Balaban J connectivity index is 2.15. The minimum Gasteiger partial charge on any atom is -0.465 e. The van der Waals surface area contributed by atoms with Crippen molar-refractivity contribution >= 4 is 16.9 Å². The molecule has 0 aliphatic carbocycles. The summed E-state index contributed by atoms with van der Waals surface area (Å²) in [5.74, 6) is -0.369. The second-order valence-corrected chi connectivity index (χ2v) is 5.76. The maximum Gasteiger partial charge on any atom is 0.337 e. The van der Waals surface area contributed by atoms with Crippen LogP contribution in [0.1, 0.15) is 36.5 Å². The summed E-state index contributed by atoms with van der Waals surface area (Å²) >= 11 is 0. The van der Waals surface area contributed by atoms with E-state index in [1.54, 1.807) is 28.9 Å². The molecule has 1 aromatic heterocycles. The quantitative estimate of drug-likeness (QED) is 0.799. The summed E-state index contributed by atoms with van der Waals surface area (Å²) in [6.07, 6.45) is 3.38. The van der Waals surface area contributed by atoms with Gasteiger partial charge in [-0.1, -0.05) is 0 Å². The molecule has 3 rings (SSSR count). The van der Waals surface area contributed by atoms with E-state index >= 15 is 0 Å². The lowest BCUT2D eigenvalue weighted by Gasteiger charge is -2.36. The summed E-state index contributed by atoms with van der Waals surface area (Å²) in [5, 5.41) is 2.99. The number of fused-ring (bicyclic) bond motifs is 1. The zero-order valence-corrected chi connectivity index (χ0v) is 12.9. The predicted octanol–water partition coefficient (Wildman–Crippen LogP) is 2.30. The number of carbonyl (C=O) groups is 1. The molecular weight excluding hydrogens is 280 g/mol. The number of nitrogens with zero attached hydrogens (tertiary/aromatic N) is 2. The Kier molecular flexibility index (Phi) is 3.88. The minimum absolute atomic E-state index is 0.0351. The van der Waals surface area contributed by atoms with E-state index in [-0.39, 0.29) is 11.5 Å². The fraction of sp³-hybridized carbons (Fsp3) is 0.412. The third-order valence-corrected chi connectivity index (χ3v) is 4.32. The molecule has 22 heavy (non-hydrogen) atoms. The van der Waals surface area contributed by atoms with E-state index in [1.807, 2.05) is 6.07 Å². The van der Waals surface area contributed by atoms with Crippen LogP contribution >= 0.6 is 0 Å². The number of carbonyl (C=O) groups excluding carboxylic acids is 1. The van der Waals surface area contributed by atoms with Gasteiger partial charge in [0.1, 0.15) is 0 Å². The van der Waals surface area contributed by atoms with Crippen molar-refractivity contribution in [1.29, 1.82) is 0 Å². The molecule has 0 saturated carbocycles. The maximum atomic E-state index is 12.4. The van der Waals surface area contributed by atoms with Crippen molar-refractivity contribution in [1.82, 2.24) is 4.68 Å². The van der Waals surface area contributed by atoms with Gasteiger partial charge in [0, 0.05) is 24.0 Å². The van der Waals surface area contributed by atoms with Crippen LogP contribution < -0.4 is 10.6 Å². The van der Waals surface area contributed by atoms with Gasteiger partial charge in [-0.15, -0.1) is 0 Å². The summed E-state index contributed by atoms with van der Waals surface area (Å²) in [7, 11) is 1.36. The largest absolute Gasteiger partial charge is 0.465 e. The van der Waals surface area contributed by atoms with Crippen LogP contribution in [0.5, 0.6) is 0 Å². The number of pyridine rings is 1. The molecule has 1 atom stereocenters. The first-order valence-electron chi connectivity index (χ1n) is 7.63. The molecule has 1 aliphatic heterocycles. The monoisotopic (exact) mass is 300 g/mol. The number of esters is 1. The van der Waals surface area contributed by atoms with Crippen LogP contribution in [0.2, 0.25) is 0 Å². The SMILES string of the molecule is COC(=O)c1ccc2c(ccc(=O)n2N2CCCCC2C)c1. The number of piperidine rings is 1. The smallest absolute Gasteiger partial charge is 0.337 e. The lowest BCUT2D eigenvalue weighted by molar-refractivity contribution is 0.0601.